The Balaban J connectivity index is 1.18. The molecule has 2 aromatic rings. The summed E-state index contributed by atoms with van der Waals surface area (Å²) in [5.41, 5.74) is 4.91. The Labute approximate surface area is 167 Å². The summed E-state index contributed by atoms with van der Waals surface area (Å²) in [4.78, 5) is 34.5. The van der Waals surface area contributed by atoms with Crippen LogP contribution in [0.1, 0.15) is 38.3 Å². The van der Waals surface area contributed by atoms with Crippen LogP contribution < -0.4 is 15.7 Å². The molecular formula is C21H21N5O3. The van der Waals surface area contributed by atoms with Gasteiger partial charge in [0, 0.05) is 48.9 Å². The molecule has 2 amide bonds. The van der Waals surface area contributed by atoms with Crippen LogP contribution in [0.4, 0.5) is 5.95 Å². The highest BCUT2D eigenvalue weighted by Crippen LogP contribution is 2.46. The van der Waals surface area contributed by atoms with E-state index in [0.29, 0.717) is 23.3 Å². The van der Waals surface area contributed by atoms with Gasteiger partial charge >= 0.3 is 0 Å². The SMILES string of the molecule is O=C(NO)c1cnc(N2CC3C(C2)C3NC(=O)c2ccc3c(c2)C=CCC3)nc1. The number of aromatic nitrogens is 2. The molecule has 1 aromatic carbocycles. The number of nitrogens with zero attached hydrogens (tertiary/aromatic N) is 3. The number of hydrogen-bond acceptors (Lipinski definition) is 6. The standard InChI is InChI=1S/C21H21N5O3/c27-19(14-6-5-12-3-1-2-4-13(12)7-14)24-18-16-10-26(11-17(16)18)21-22-8-15(9-23-21)20(28)25-29/h2,4-9,16-18,29H,1,3,10-11H2,(H,24,27)(H,25,28). The summed E-state index contributed by atoms with van der Waals surface area (Å²) in [5, 5.41) is 11.8. The van der Waals surface area contributed by atoms with Crippen LogP contribution in [-0.4, -0.2) is 46.1 Å². The van der Waals surface area contributed by atoms with E-state index in [1.54, 1.807) is 5.48 Å². The van der Waals surface area contributed by atoms with Crippen molar-refractivity contribution in [3.8, 4) is 0 Å². The molecule has 2 unspecified atom stereocenters. The minimum atomic E-state index is -0.638. The lowest BCUT2D eigenvalue weighted by atomic mass is 9.95. The molecule has 2 atom stereocenters. The van der Waals surface area contributed by atoms with Crippen LogP contribution in [0.3, 0.4) is 0 Å². The quantitative estimate of drug-likeness (QED) is 0.538. The van der Waals surface area contributed by atoms with E-state index >= 15 is 0 Å². The van der Waals surface area contributed by atoms with E-state index in [4.69, 9.17) is 5.21 Å². The Morgan fingerprint density at radius 2 is 1.83 bits per heavy atom. The van der Waals surface area contributed by atoms with E-state index < -0.39 is 5.91 Å². The molecule has 5 rings (SSSR count). The average Bonchev–Trinajstić information content (AvgIpc) is 3.20. The lowest BCUT2D eigenvalue weighted by Gasteiger charge is -2.20. The molecule has 1 saturated carbocycles. The highest BCUT2D eigenvalue weighted by atomic mass is 16.5. The number of aryl methyl sites for hydroxylation is 1. The van der Waals surface area contributed by atoms with Crippen molar-refractivity contribution in [1.82, 2.24) is 20.8 Å². The molecule has 0 bridgehead atoms. The number of benzene rings is 1. The molecule has 2 fully saturated rings. The number of rotatable bonds is 4. The van der Waals surface area contributed by atoms with Crippen molar-refractivity contribution in [2.45, 2.75) is 18.9 Å². The van der Waals surface area contributed by atoms with Gasteiger partial charge in [0.05, 0.1) is 5.56 Å². The first kappa shape index (κ1) is 17.8. The van der Waals surface area contributed by atoms with Gasteiger partial charge in [-0.1, -0.05) is 18.2 Å². The fourth-order valence-corrected chi connectivity index (χ4v) is 4.37. The number of carbonyl (C=O) groups is 2. The molecule has 2 heterocycles. The molecule has 1 saturated heterocycles. The van der Waals surface area contributed by atoms with Crippen LogP contribution in [0.2, 0.25) is 0 Å². The molecule has 0 radical (unpaired) electrons. The van der Waals surface area contributed by atoms with Gasteiger partial charge in [0.15, 0.2) is 0 Å². The van der Waals surface area contributed by atoms with Crippen molar-refractivity contribution < 1.29 is 14.8 Å². The zero-order valence-electron chi connectivity index (χ0n) is 15.7. The van der Waals surface area contributed by atoms with Gasteiger partial charge in [-0.05, 0) is 36.1 Å². The van der Waals surface area contributed by atoms with E-state index in [0.717, 1.165) is 31.5 Å². The summed E-state index contributed by atoms with van der Waals surface area (Å²) >= 11 is 0. The first-order chi connectivity index (χ1) is 14.1. The molecule has 3 N–H and O–H groups in total. The van der Waals surface area contributed by atoms with E-state index in [2.05, 4.69) is 38.4 Å². The number of hydrogen-bond donors (Lipinski definition) is 3. The fraction of sp³-hybridized carbons (Fsp3) is 0.333. The van der Waals surface area contributed by atoms with Crippen molar-refractivity contribution in [1.29, 1.82) is 0 Å². The zero-order valence-corrected chi connectivity index (χ0v) is 15.7. The van der Waals surface area contributed by atoms with Crippen LogP contribution in [0.15, 0.2) is 36.7 Å². The number of hydroxylamine groups is 1. The first-order valence-corrected chi connectivity index (χ1v) is 9.76. The van der Waals surface area contributed by atoms with Crippen molar-refractivity contribution >= 4 is 23.8 Å². The van der Waals surface area contributed by atoms with Crippen molar-refractivity contribution in [3.05, 3.63) is 58.9 Å². The van der Waals surface area contributed by atoms with Crippen molar-refractivity contribution in [2.24, 2.45) is 11.8 Å². The second kappa shape index (κ2) is 6.97. The van der Waals surface area contributed by atoms with Gasteiger partial charge in [0.2, 0.25) is 5.95 Å². The smallest absolute Gasteiger partial charge is 0.277 e. The summed E-state index contributed by atoms with van der Waals surface area (Å²) in [5.74, 6) is 0.675. The Bertz CT molecular complexity index is 992. The number of carbonyl (C=O) groups excluding carboxylic acids is 2. The van der Waals surface area contributed by atoms with Crippen molar-refractivity contribution in [3.63, 3.8) is 0 Å². The second-order valence-corrected chi connectivity index (χ2v) is 7.80. The number of fused-ring (bicyclic) bond motifs is 2. The van der Waals surface area contributed by atoms with Crippen LogP contribution in [-0.2, 0) is 6.42 Å². The van der Waals surface area contributed by atoms with Crippen LogP contribution >= 0.6 is 0 Å². The zero-order chi connectivity index (χ0) is 20.0. The molecule has 2 aliphatic carbocycles. The minimum Gasteiger partial charge on any atom is -0.349 e. The Morgan fingerprint density at radius 3 is 2.55 bits per heavy atom. The van der Waals surface area contributed by atoms with E-state index in [-0.39, 0.29) is 17.5 Å². The third kappa shape index (κ3) is 3.25. The largest absolute Gasteiger partial charge is 0.349 e. The third-order valence-electron chi connectivity index (χ3n) is 6.06. The van der Waals surface area contributed by atoms with Gasteiger partial charge in [0.25, 0.3) is 11.8 Å². The maximum Gasteiger partial charge on any atom is 0.277 e. The van der Waals surface area contributed by atoms with Crippen LogP contribution in [0.5, 0.6) is 0 Å². The topological polar surface area (TPSA) is 107 Å². The van der Waals surface area contributed by atoms with Gasteiger partial charge in [-0.25, -0.2) is 15.4 Å². The Hall–Kier alpha value is -3.26. The number of anilines is 1. The number of allylic oxidation sites excluding steroid dienone is 1. The molecule has 1 aromatic heterocycles. The molecule has 29 heavy (non-hydrogen) atoms. The number of amides is 2. The fourth-order valence-electron chi connectivity index (χ4n) is 4.37. The Morgan fingerprint density at radius 1 is 1.07 bits per heavy atom. The van der Waals surface area contributed by atoms with Gasteiger partial charge in [0.1, 0.15) is 0 Å². The number of nitrogens with one attached hydrogen (secondary N) is 2. The lowest BCUT2D eigenvalue weighted by Crippen LogP contribution is -2.35. The normalized spacial score (nSPS) is 23.9. The van der Waals surface area contributed by atoms with Crippen LogP contribution in [0, 0.1) is 11.8 Å². The van der Waals surface area contributed by atoms with Crippen molar-refractivity contribution in [2.75, 3.05) is 18.0 Å². The molecule has 8 nitrogen and oxygen atoms in total. The highest BCUT2D eigenvalue weighted by molar-refractivity contribution is 5.95. The third-order valence-corrected chi connectivity index (χ3v) is 6.06. The molecular weight excluding hydrogens is 370 g/mol. The molecule has 148 valence electrons. The molecule has 8 heteroatoms. The summed E-state index contributed by atoms with van der Waals surface area (Å²) in [7, 11) is 0. The minimum absolute atomic E-state index is 0.0201. The lowest BCUT2D eigenvalue weighted by molar-refractivity contribution is 0.0705. The summed E-state index contributed by atoms with van der Waals surface area (Å²) in [6.45, 7) is 1.54. The molecule has 3 aliphatic rings. The monoisotopic (exact) mass is 391 g/mol. The van der Waals surface area contributed by atoms with Gasteiger partial charge in [-0.2, -0.15) is 0 Å². The van der Waals surface area contributed by atoms with E-state index in [1.807, 2.05) is 12.1 Å². The number of piperidine rings is 1. The predicted molar refractivity (Wildman–Crippen MR) is 106 cm³/mol. The Kier molecular flexibility index (Phi) is 4.28. The average molecular weight is 391 g/mol. The summed E-state index contributed by atoms with van der Waals surface area (Å²) in [6.07, 6.45) is 9.11. The van der Waals surface area contributed by atoms with Gasteiger partial charge in [-0.15, -0.1) is 0 Å². The highest BCUT2D eigenvalue weighted by Gasteiger charge is 2.57. The summed E-state index contributed by atoms with van der Waals surface area (Å²) in [6, 6.07) is 6.13. The van der Waals surface area contributed by atoms with E-state index in [1.165, 1.54) is 18.0 Å². The van der Waals surface area contributed by atoms with Crippen LogP contribution in [0.25, 0.3) is 6.08 Å². The first-order valence-electron chi connectivity index (χ1n) is 9.76. The summed E-state index contributed by atoms with van der Waals surface area (Å²) < 4.78 is 0. The maximum atomic E-state index is 12.7. The predicted octanol–water partition coefficient (Wildman–Crippen LogP) is 1.42. The maximum absolute atomic E-state index is 12.7. The van der Waals surface area contributed by atoms with Gasteiger partial charge in [-0.3, -0.25) is 14.8 Å². The second-order valence-electron chi connectivity index (χ2n) is 7.80. The molecule has 0 spiro atoms. The van der Waals surface area contributed by atoms with E-state index in [9.17, 15) is 9.59 Å². The van der Waals surface area contributed by atoms with Gasteiger partial charge < -0.3 is 10.2 Å². The molecule has 1 aliphatic heterocycles.